The Morgan fingerprint density at radius 2 is 2.04 bits per heavy atom. The Morgan fingerprint density at radius 1 is 1.32 bits per heavy atom. The average Bonchev–Trinajstić information content (AvgIpc) is 2.82. The standard InChI is InChI=1S/C17H13F2NO4S/c1-25(22,23)15-3-2-14(12-7-13(19)17(21)16(12)15)24-11-5-9(8-20)4-10(18)6-11/h2-6,13,17,21H,7H2,1H3. The average molecular weight is 365 g/mol. The molecule has 2 atom stereocenters. The summed E-state index contributed by atoms with van der Waals surface area (Å²) in [4.78, 5) is -0.167. The molecule has 25 heavy (non-hydrogen) atoms. The molecule has 1 aliphatic carbocycles. The molecule has 0 aromatic heterocycles. The number of nitriles is 1. The number of aliphatic hydroxyl groups excluding tert-OH is 1. The molecule has 3 rings (SSSR count). The van der Waals surface area contributed by atoms with Crippen LogP contribution in [0, 0.1) is 17.1 Å². The molecule has 0 aliphatic heterocycles. The Morgan fingerprint density at radius 3 is 2.68 bits per heavy atom. The zero-order chi connectivity index (χ0) is 18.4. The fourth-order valence-corrected chi connectivity index (χ4v) is 3.84. The first-order chi connectivity index (χ1) is 11.7. The van der Waals surface area contributed by atoms with E-state index in [0.717, 1.165) is 18.4 Å². The van der Waals surface area contributed by atoms with Crippen molar-refractivity contribution >= 4 is 9.84 Å². The minimum atomic E-state index is -3.68. The van der Waals surface area contributed by atoms with Gasteiger partial charge in [-0.2, -0.15) is 5.26 Å². The van der Waals surface area contributed by atoms with Crippen LogP contribution in [0.5, 0.6) is 11.5 Å². The fourth-order valence-electron chi connectivity index (χ4n) is 2.88. The second kappa shape index (κ2) is 6.10. The van der Waals surface area contributed by atoms with Crippen LogP contribution in [0.3, 0.4) is 0 Å². The summed E-state index contributed by atoms with van der Waals surface area (Å²) in [5.41, 5.74) is 0.220. The van der Waals surface area contributed by atoms with Gasteiger partial charge < -0.3 is 9.84 Å². The third-order valence-electron chi connectivity index (χ3n) is 3.94. The molecule has 130 valence electrons. The molecule has 0 saturated heterocycles. The van der Waals surface area contributed by atoms with Crippen molar-refractivity contribution in [1.82, 2.24) is 0 Å². The minimum Gasteiger partial charge on any atom is -0.457 e. The molecule has 2 aromatic rings. The van der Waals surface area contributed by atoms with Gasteiger partial charge in [0.1, 0.15) is 29.6 Å². The molecule has 0 saturated carbocycles. The Kier molecular flexibility index (Phi) is 4.22. The third kappa shape index (κ3) is 3.21. The summed E-state index contributed by atoms with van der Waals surface area (Å²) in [5, 5.41) is 18.9. The first-order valence-electron chi connectivity index (χ1n) is 7.27. The van der Waals surface area contributed by atoms with Gasteiger partial charge in [0.05, 0.1) is 16.5 Å². The van der Waals surface area contributed by atoms with E-state index in [0.29, 0.717) is 0 Å². The number of ether oxygens (including phenoxy) is 1. The maximum Gasteiger partial charge on any atom is 0.175 e. The highest BCUT2D eigenvalue weighted by Gasteiger charge is 2.37. The molecule has 2 unspecified atom stereocenters. The van der Waals surface area contributed by atoms with Crippen LogP contribution in [0.25, 0.3) is 0 Å². The van der Waals surface area contributed by atoms with Gasteiger partial charge in [-0.1, -0.05) is 0 Å². The topological polar surface area (TPSA) is 87.4 Å². The third-order valence-corrected chi connectivity index (χ3v) is 5.09. The van der Waals surface area contributed by atoms with Crippen LogP contribution in [0.15, 0.2) is 35.2 Å². The highest BCUT2D eigenvalue weighted by Crippen LogP contribution is 2.43. The Labute approximate surface area is 143 Å². The SMILES string of the molecule is CS(=O)(=O)c1ccc(Oc2cc(F)cc(C#N)c2)c2c1C(O)C(F)C2. The number of alkyl halides is 1. The van der Waals surface area contributed by atoms with E-state index in [4.69, 9.17) is 10.00 Å². The van der Waals surface area contributed by atoms with E-state index < -0.39 is 27.9 Å². The summed E-state index contributed by atoms with van der Waals surface area (Å²) in [7, 11) is -3.68. The van der Waals surface area contributed by atoms with Crippen LogP contribution < -0.4 is 4.74 Å². The van der Waals surface area contributed by atoms with Crippen molar-refractivity contribution in [3.05, 3.63) is 52.8 Å². The van der Waals surface area contributed by atoms with Crippen LogP contribution in [0.4, 0.5) is 8.78 Å². The van der Waals surface area contributed by atoms with Crippen molar-refractivity contribution < 1.29 is 27.0 Å². The maximum atomic E-state index is 14.0. The van der Waals surface area contributed by atoms with Gasteiger partial charge >= 0.3 is 0 Å². The quantitative estimate of drug-likeness (QED) is 0.904. The number of aliphatic hydroxyl groups is 1. The lowest BCUT2D eigenvalue weighted by Gasteiger charge is -2.14. The maximum absolute atomic E-state index is 14.0. The van der Waals surface area contributed by atoms with E-state index in [-0.39, 0.29) is 39.5 Å². The number of benzene rings is 2. The Balaban J connectivity index is 2.11. The zero-order valence-corrected chi connectivity index (χ0v) is 13.8. The second-order valence-corrected chi connectivity index (χ2v) is 7.76. The molecule has 2 aromatic carbocycles. The van der Waals surface area contributed by atoms with Gasteiger partial charge in [0.25, 0.3) is 0 Å². The van der Waals surface area contributed by atoms with Crippen molar-refractivity contribution in [2.75, 3.05) is 6.26 Å². The Bertz CT molecular complexity index is 998. The van der Waals surface area contributed by atoms with Crippen LogP contribution >= 0.6 is 0 Å². The summed E-state index contributed by atoms with van der Waals surface area (Å²) in [6.07, 6.45) is -2.50. The molecule has 0 amide bonds. The highest BCUT2D eigenvalue weighted by molar-refractivity contribution is 7.90. The van der Waals surface area contributed by atoms with E-state index >= 15 is 0 Å². The summed E-state index contributed by atoms with van der Waals surface area (Å²) in [5.74, 6) is -0.555. The number of hydrogen-bond acceptors (Lipinski definition) is 5. The highest BCUT2D eigenvalue weighted by atomic mass is 32.2. The van der Waals surface area contributed by atoms with E-state index in [1.165, 1.54) is 18.2 Å². The monoisotopic (exact) mass is 365 g/mol. The predicted molar refractivity (Wildman–Crippen MR) is 84.3 cm³/mol. The van der Waals surface area contributed by atoms with Crippen LogP contribution in [-0.4, -0.2) is 26.0 Å². The summed E-state index contributed by atoms with van der Waals surface area (Å²) in [6.45, 7) is 0. The first-order valence-corrected chi connectivity index (χ1v) is 9.16. The summed E-state index contributed by atoms with van der Waals surface area (Å²) < 4.78 is 56.8. The first kappa shape index (κ1) is 17.3. The lowest BCUT2D eigenvalue weighted by molar-refractivity contribution is 0.0907. The zero-order valence-electron chi connectivity index (χ0n) is 13.0. The van der Waals surface area contributed by atoms with Gasteiger partial charge in [-0.25, -0.2) is 17.2 Å². The van der Waals surface area contributed by atoms with Crippen molar-refractivity contribution in [3.63, 3.8) is 0 Å². The molecule has 0 fully saturated rings. The number of sulfone groups is 1. The molecular formula is C17H13F2NO4S. The van der Waals surface area contributed by atoms with Crippen LogP contribution in [-0.2, 0) is 16.3 Å². The number of rotatable bonds is 3. The number of hydrogen-bond donors (Lipinski definition) is 1. The van der Waals surface area contributed by atoms with Crippen molar-refractivity contribution in [1.29, 1.82) is 5.26 Å². The van der Waals surface area contributed by atoms with E-state index in [9.17, 15) is 22.3 Å². The van der Waals surface area contributed by atoms with E-state index in [2.05, 4.69) is 0 Å². The molecule has 8 heteroatoms. The predicted octanol–water partition coefficient (Wildman–Crippen LogP) is 2.82. The van der Waals surface area contributed by atoms with Gasteiger partial charge in [-0.15, -0.1) is 0 Å². The van der Waals surface area contributed by atoms with E-state index in [1.807, 2.05) is 0 Å². The Hall–Kier alpha value is -2.50. The smallest absolute Gasteiger partial charge is 0.175 e. The lowest BCUT2D eigenvalue weighted by Crippen LogP contribution is -2.10. The molecular weight excluding hydrogens is 352 g/mol. The number of fused-ring (bicyclic) bond motifs is 1. The number of nitrogens with zero attached hydrogens (tertiary/aromatic N) is 1. The molecule has 0 bridgehead atoms. The van der Waals surface area contributed by atoms with Gasteiger partial charge in [0.15, 0.2) is 9.84 Å². The molecule has 1 N–H and O–H groups in total. The van der Waals surface area contributed by atoms with Gasteiger partial charge in [-0.3, -0.25) is 0 Å². The molecule has 0 spiro atoms. The molecule has 0 heterocycles. The minimum absolute atomic E-state index is 0.0163. The van der Waals surface area contributed by atoms with Crippen molar-refractivity contribution in [3.8, 4) is 17.6 Å². The number of halogens is 2. The molecule has 5 nitrogen and oxygen atoms in total. The van der Waals surface area contributed by atoms with E-state index in [1.54, 1.807) is 6.07 Å². The van der Waals surface area contributed by atoms with Crippen LogP contribution in [0.1, 0.15) is 22.8 Å². The van der Waals surface area contributed by atoms with Crippen molar-refractivity contribution in [2.45, 2.75) is 23.6 Å². The summed E-state index contributed by atoms with van der Waals surface area (Å²) in [6, 6.07) is 7.73. The van der Waals surface area contributed by atoms with Crippen molar-refractivity contribution in [2.24, 2.45) is 0 Å². The lowest BCUT2D eigenvalue weighted by atomic mass is 10.1. The molecule has 1 aliphatic rings. The van der Waals surface area contributed by atoms with Gasteiger partial charge in [0, 0.05) is 29.9 Å². The fraction of sp³-hybridized carbons (Fsp3) is 0.235. The second-order valence-electron chi connectivity index (χ2n) is 5.78. The largest absolute Gasteiger partial charge is 0.457 e. The van der Waals surface area contributed by atoms with Gasteiger partial charge in [-0.05, 0) is 24.3 Å². The molecule has 0 radical (unpaired) electrons. The normalized spacial score (nSPS) is 19.3. The summed E-state index contributed by atoms with van der Waals surface area (Å²) >= 11 is 0. The van der Waals surface area contributed by atoms with Gasteiger partial charge in [0.2, 0.25) is 0 Å². The van der Waals surface area contributed by atoms with Crippen LogP contribution in [0.2, 0.25) is 0 Å².